The molecule has 0 bridgehead atoms. The number of aliphatic hydroxyl groups is 1. The summed E-state index contributed by atoms with van der Waals surface area (Å²) in [6.45, 7) is 0.697. The number of nitrogens with one attached hydrogen (secondary N) is 1. The zero-order valence-corrected chi connectivity index (χ0v) is 8.66. The molecule has 0 aliphatic heterocycles. The Hall–Kier alpha value is -0.650. The molecule has 0 saturated heterocycles. The molecule has 1 unspecified atom stereocenters. The third-order valence-electron chi connectivity index (χ3n) is 1.52. The molecule has 4 nitrogen and oxygen atoms in total. The zero-order chi connectivity index (χ0) is 9.68. The van der Waals surface area contributed by atoms with Crippen LogP contribution in [0.5, 0.6) is 0 Å². The first-order chi connectivity index (χ1) is 6.22. The average molecular weight is 246 g/mol. The highest BCUT2D eigenvalue weighted by molar-refractivity contribution is 9.10. The Morgan fingerprint density at radius 3 is 3.00 bits per heavy atom. The number of aliphatic hydroxyl groups excluding tert-OH is 1. The highest BCUT2D eigenvalue weighted by atomic mass is 79.9. The Morgan fingerprint density at radius 2 is 2.38 bits per heavy atom. The van der Waals surface area contributed by atoms with Gasteiger partial charge in [-0.3, -0.25) is 4.98 Å². The van der Waals surface area contributed by atoms with Crippen molar-refractivity contribution >= 4 is 21.6 Å². The van der Waals surface area contributed by atoms with Gasteiger partial charge in [0.25, 0.3) is 0 Å². The quantitative estimate of drug-likeness (QED) is 0.726. The number of halogens is 1. The molecule has 1 heterocycles. The molecule has 0 radical (unpaired) electrons. The fourth-order valence-corrected chi connectivity index (χ4v) is 1.19. The molecule has 1 atom stereocenters. The van der Waals surface area contributed by atoms with Crippen LogP contribution in [0.3, 0.4) is 0 Å². The maximum Gasteiger partial charge on any atom is 0.0834 e. The van der Waals surface area contributed by atoms with Crippen molar-refractivity contribution in [2.75, 3.05) is 18.4 Å². The van der Waals surface area contributed by atoms with Crippen molar-refractivity contribution < 1.29 is 5.11 Å². The fourth-order valence-electron chi connectivity index (χ4n) is 0.828. The molecule has 0 saturated carbocycles. The van der Waals surface area contributed by atoms with Gasteiger partial charge >= 0.3 is 0 Å². The lowest BCUT2D eigenvalue weighted by Gasteiger charge is -2.09. The highest BCUT2D eigenvalue weighted by Gasteiger charge is 2.00. The number of aromatic nitrogens is 1. The van der Waals surface area contributed by atoms with E-state index in [1.807, 2.05) is 6.07 Å². The lowest BCUT2D eigenvalue weighted by Crippen LogP contribution is -2.27. The molecule has 4 N–H and O–H groups in total. The van der Waals surface area contributed by atoms with E-state index in [1.165, 1.54) is 0 Å². The molecule has 0 aliphatic carbocycles. The van der Waals surface area contributed by atoms with Crippen LogP contribution in [-0.2, 0) is 0 Å². The first-order valence-electron chi connectivity index (χ1n) is 3.95. The molecule has 13 heavy (non-hydrogen) atoms. The molecule has 72 valence electrons. The lowest BCUT2D eigenvalue weighted by molar-refractivity contribution is 0.196. The van der Waals surface area contributed by atoms with Crippen molar-refractivity contribution in [2.45, 2.75) is 6.10 Å². The van der Waals surface area contributed by atoms with Crippen LogP contribution in [0.15, 0.2) is 22.9 Å². The second-order valence-electron chi connectivity index (χ2n) is 2.66. The van der Waals surface area contributed by atoms with Crippen LogP contribution in [0.25, 0.3) is 0 Å². The summed E-state index contributed by atoms with van der Waals surface area (Å²) in [6.07, 6.45) is 2.87. The fraction of sp³-hybridized carbons (Fsp3) is 0.375. The minimum absolute atomic E-state index is 0.258. The number of hydrogen-bond acceptors (Lipinski definition) is 4. The van der Waals surface area contributed by atoms with E-state index in [4.69, 9.17) is 10.8 Å². The Morgan fingerprint density at radius 1 is 1.62 bits per heavy atom. The monoisotopic (exact) mass is 245 g/mol. The van der Waals surface area contributed by atoms with Gasteiger partial charge in [-0.2, -0.15) is 0 Å². The summed E-state index contributed by atoms with van der Waals surface area (Å²) in [4.78, 5) is 3.97. The van der Waals surface area contributed by atoms with Crippen LogP contribution in [0.2, 0.25) is 0 Å². The van der Waals surface area contributed by atoms with Crippen LogP contribution in [0.1, 0.15) is 0 Å². The molecule has 0 fully saturated rings. The second-order valence-corrected chi connectivity index (χ2v) is 3.58. The van der Waals surface area contributed by atoms with Crippen molar-refractivity contribution in [3.05, 3.63) is 22.9 Å². The van der Waals surface area contributed by atoms with E-state index in [-0.39, 0.29) is 6.54 Å². The van der Waals surface area contributed by atoms with Crippen LogP contribution < -0.4 is 11.1 Å². The van der Waals surface area contributed by atoms with Crippen molar-refractivity contribution in [2.24, 2.45) is 5.73 Å². The third-order valence-corrected chi connectivity index (χ3v) is 1.95. The molecule has 1 aromatic rings. The molecule has 0 aromatic carbocycles. The van der Waals surface area contributed by atoms with Gasteiger partial charge in [0.2, 0.25) is 0 Å². The van der Waals surface area contributed by atoms with Crippen molar-refractivity contribution in [3.63, 3.8) is 0 Å². The lowest BCUT2D eigenvalue weighted by atomic mass is 10.3. The summed E-state index contributed by atoms with van der Waals surface area (Å²) in [5.41, 5.74) is 6.11. The number of pyridine rings is 1. The standard InChI is InChI=1S/C8H12BrN3O/c9-6-1-7(4-11-3-6)12-5-8(13)2-10/h1,3-4,8,12-13H,2,5,10H2. The SMILES string of the molecule is NCC(O)CNc1cncc(Br)c1. The largest absolute Gasteiger partial charge is 0.390 e. The molecule has 1 aromatic heterocycles. The number of nitrogens with zero attached hydrogens (tertiary/aromatic N) is 1. The molecule has 0 amide bonds. The van der Waals surface area contributed by atoms with E-state index >= 15 is 0 Å². The number of rotatable bonds is 4. The Labute approximate surface area is 85.3 Å². The number of anilines is 1. The maximum atomic E-state index is 9.17. The van der Waals surface area contributed by atoms with E-state index in [2.05, 4.69) is 26.2 Å². The van der Waals surface area contributed by atoms with Gasteiger partial charge in [0.15, 0.2) is 0 Å². The zero-order valence-electron chi connectivity index (χ0n) is 7.07. The molecule has 1 rings (SSSR count). The smallest absolute Gasteiger partial charge is 0.0834 e. The van der Waals surface area contributed by atoms with Gasteiger partial charge < -0.3 is 16.2 Å². The molecular formula is C8H12BrN3O. The van der Waals surface area contributed by atoms with Gasteiger partial charge in [-0.05, 0) is 22.0 Å². The molecule has 5 heteroatoms. The van der Waals surface area contributed by atoms with Gasteiger partial charge in [0.05, 0.1) is 18.0 Å². The van der Waals surface area contributed by atoms with E-state index in [0.717, 1.165) is 10.2 Å². The number of nitrogens with two attached hydrogens (primary N) is 1. The third kappa shape index (κ3) is 3.71. The second kappa shape index (κ2) is 5.16. The maximum absolute atomic E-state index is 9.17. The first-order valence-corrected chi connectivity index (χ1v) is 4.74. The first kappa shape index (κ1) is 10.4. The van der Waals surface area contributed by atoms with Crippen LogP contribution >= 0.6 is 15.9 Å². The highest BCUT2D eigenvalue weighted by Crippen LogP contribution is 2.13. The van der Waals surface area contributed by atoms with Gasteiger partial charge in [-0.25, -0.2) is 0 Å². The van der Waals surface area contributed by atoms with E-state index in [9.17, 15) is 0 Å². The van der Waals surface area contributed by atoms with Crippen molar-refractivity contribution in [1.82, 2.24) is 4.98 Å². The van der Waals surface area contributed by atoms with E-state index in [0.29, 0.717) is 6.54 Å². The van der Waals surface area contributed by atoms with Gasteiger partial charge in [-0.1, -0.05) is 0 Å². The van der Waals surface area contributed by atoms with E-state index < -0.39 is 6.10 Å². The predicted molar refractivity (Wildman–Crippen MR) is 55.5 cm³/mol. The average Bonchev–Trinajstić information content (AvgIpc) is 2.14. The van der Waals surface area contributed by atoms with Gasteiger partial charge in [-0.15, -0.1) is 0 Å². The van der Waals surface area contributed by atoms with E-state index in [1.54, 1.807) is 12.4 Å². The Bertz CT molecular complexity index is 269. The summed E-state index contributed by atoms with van der Waals surface area (Å²) < 4.78 is 0.903. The Balaban J connectivity index is 2.45. The van der Waals surface area contributed by atoms with Crippen molar-refractivity contribution in [3.8, 4) is 0 Å². The summed E-state index contributed by atoms with van der Waals surface area (Å²) >= 11 is 3.30. The molecule has 0 aliphatic rings. The summed E-state index contributed by atoms with van der Waals surface area (Å²) in [5, 5.41) is 12.2. The molecular weight excluding hydrogens is 234 g/mol. The summed E-state index contributed by atoms with van der Waals surface area (Å²) in [7, 11) is 0. The molecule has 0 spiro atoms. The van der Waals surface area contributed by atoms with Crippen LogP contribution in [0.4, 0.5) is 5.69 Å². The number of hydrogen-bond donors (Lipinski definition) is 3. The van der Waals surface area contributed by atoms with Crippen LogP contribution in [-0.4, -0.2) is 29.3 Å². The predicted octanol–water partition coefficient (Wildman–Crippen LogP) is 0.576. The summed E-state index contributed by atoms with van der Waals surface area (Å²) in [5.74, 6) is 0. The topological polar surface area (TPSA) is 71.2 Å². The van der Waals surface area contributed by atoms with Crippen LogP contribution in [0, 0.1) is 0 Å². The minimum Gasteiger partial charge on any atom is -0.390 e. The van der Waals surface area contributed by atoms with Gasteiger partial charge in [0, 0.05) is 23.8 Å². The van der Waals surface area contributed by atoms with Gasteiger partial charge in [0.1, 0.15) is 0 Å². The minimum atomic E-state index is -0.515. The Kier molecular flexibility index (Phi) is 4.14. The normalized spacial score (nSPS) is 12.5. The summed E-state index contributed by atoms with van der Waals surface area (Å²) in [6, 6.07) is 1.89. The van der Waals surface area contributed by atoms with Crippen molar-refractivity contribution in [1.29, 1.82) is 0 Å².